The molecule has 1 aliphatic carbocycles. The van der Waals surface area contributed by atoms with E-state index in [2.05, 4.69) is 34.2 Å². The van der Waals surface area contributed by atoms with Gasteiger partial charge in [-0.1, -0.05) is 43.5 Å². The summed E-state index contributed by atoms with van der Waals surface area (Å²) in [5, 5.41) is 0. The first-order valence-corrected chi connectivity index (χ1v) is 9.22. The van der Waals surface area contributed by atoms with Gasteiger partial charge in [0.2, 0.25) is 0 Å². The van der Waals surface area contributed by atoms with E-state index in [9.17, 15) is 4.79 Å². The number of rotatable bonds is 4. The van der Waals surface area contributed by atoms with Crippen molar-refractivity contribution in [2.75, 3.05) is 6.61 Å². The summed E-state index contributed by atoms with van der Waals surface area (Å²) in [7, 11) is 0. The topological polar surface area (TPSA) is 52.1 Å². The number of ether oxygens (including phenoxy) is 1. The van der Waals surface area contributed by atoms with Crippen LogP contribution >= 0.6 is 0 Å². The molecule has 1 fully saturated rings. The highest BCUT2D eigenvalue weighted by atomic mass is 16.5. The van der Waals surface area contributed by atoms with E-state index in [4.69, 9.17) is 4.74 Å². The minimum absolute atomic E-state index is 0.304. The highest BCUT2D eigenvalue weighted by molar-refractivity contribution is 5.89. The lowest BCUT2D eigenvalue weighted by Crippen LogP contribution is -2.12. The van der Waals surface area contributed by atoms with Gasteiger partial charge >= 0.3 is 5.97 Å². The number of hydrogen-bond acceptors (Lipinski definition) is 4. The average molecular weight is 338 g/mol. The first-order valence-electron chi connectivity index (χ1n) is 9.22. The van der Waals surface area contributed by atoms with Crippen molar-refractivity contribution in [3.05, 3.63) is 46.9 Å². The van der Waals surface area contributed by atoms with Gasteiger partial charge in [0.05, 0.1) is 23.7 Å². The summed E-state index contributed by atoms with van der Waals surface area (Å²) in [6.07, 6.45) is 6.60. The van der Waals surface area contributed by atoms with Crippen molar-refractivity contribution >= 4 is 5.97 Å². The Hall–Kier alpha value is -2.23. The Morgan fingerprint density at radius 1 is 1.04 bits per heavy atom. The highest BCUT2D eigenvalue weighted by Gasteiger charge is 2.18. The van der Waals surface area contributed by atoms with E-state index in [0.29, 0.717) is 23.9 Å². The quantitative estimate of drug-likeness (QED) is 0.737. The van der Waals surface area contributed by atoms with E-state index in [0.717, 1.165) is 17.0 Å². The van der Waals surface area contributed by atoms with Crippen molar-refractivity contribution in [2.45, 2.75) is 58.8 Å². The monoisotopic (exact) mass is 338 g/mol. The van der Waals surface area contributed by atoms with Gasteiger partial charge in [-0.05, 0) is 45.1 Å². The molecule has 4 nitrogen and oxygen atoms in total. The molecule has 0 unspecified atom stereocenters. The first-order chi connectivity index (χ1) is 12.1. The highest BCUT2D eigenvalue weighted by Crippen LogP contribution is 2.33. The van der Waals surface area contributed by atoms with Gasteiger partial charge in [-0.15, -0.1) is 0 Å². The number of hydrogen-bond donors (Lipinski definition) is 0. The lowest BCUT2D eigenvalue weighted by molar-refractivity contribution is 0.0518. The Labute approximate surface area is 149 Å². The minimum atomic E-state index is -0.410. The first kappa shape index (κ1) is 17.6. The molecule has 0 bridgehead atoms. The van der Waals surface area contributed by atoms with Crippen molar-refractivity contribution < 1.29 is 9.53 Å². The lowest BCUT2D eigenvalue weighted by atomic mass is 9.84. The van der Waals surface area contributed by atoms with Crippen LogP contribution in [0.3, 0.4) is 0 Å². The second-order valence-corrected chi connectivity index (χ2v) is 6.77. The number of carbonyl (C=O) groups is 1. The second kappa shape index (κ2) is 7.77. The van der Waals surface area contributed by atoms with Gasteiger partial charge in [0.25, 0.3) is 0 Å². The zero-order chi connectivity index (χ0) is 17.8. The molecule has 0 saturated heterocycles. The maximum atomic E-state index is 12.1. The summed E-state index contributed by atoms with van der Waals surface area (Å²) in [6, 6.07) is 8.61. The molecule has 0 N–H and O–H groups in total. The van der Waals surface area contributed by atoms with Gasteiger partial charge in [0.15, 0.2) is 5.69 Å². The summed E-state index contributed by atoms with van der Waals surface area (Å²) < 4.78 is 5.10. The third-order valence-corrected chi connectivity index (χ3v) is 4.97. The summed E-state index contributed by atoms with van der Waals surface area (Å²) in [5.41, 5.74) is 4.90. The molecule has 3 rings (SSSR count). The second-order valence-electron chi connectivity index (χ2n) is 6.77. The molecule has 0 amide bonds. The number of aryl methyl sites for hydroxylation is 2. The van der Waals surface area contributed by atoms with E-state index < -0.39 is 5.97 Å². The number of nitrogens with zero attached hydrogens (tertiary/aromatic N) is 2. The molecule has 25 heavy (non-hydrogen) atoms. The van der Waals surface area contributed by atoms with Gasteiger partial charge in [-0.25, -0.2) is 9.78 Å². The smallest absolute Gasteiger partial charge is 0.358 e. The number of aromatic nitrogens is 2. The predicted molar refractivity (Wildman–Crippen MR) is 98.7 cm³/mol. The maximum absolute atomic E-state index is 12.1. The van der Waals surface area contributed by atoms with Crippen molar-refractivity contribution in [2.24, 2.45) is 0 Å². The molecule has 0 atom stereocenters. The van der Waals surface area contributed by atoms with E-state index >= 15 is 0 Å². The molecule has 4 heteroatoms. The van der Waals surface area contributed by atoms with Gasteiger partial charge in [0, 0.05) is 5.56 Å². The molecule has 2 aromatic rings. The zero-order valence-corrected chi connectivity index (χ0v) is 15.3. The Bertz CT molecular complexity index is 747. The fourth-order valence-electron chi connectivity index (χ4n) is 3.65. The Balaban J connectivity index is 1.90. The van der Waals surface area contributed by atoms with Crippen molar-refractivity contribution in [3.63, 3.8) is 0 Å². The third-order valence-electron chi connectivity index (χ3n) is 4.97. The van der Waals surface area contributed by atoms with Crippen molar-refractivity contribution in [1.82, 2.24) is 9.97 Å². The average Bonchev–Trinajstić information content (AvgIpc) is 2.63. The van der Waals surface area contributed by atoms with Gasteiger partial charge in [-0.3, -0.25) is 4.98 Å². The fourth-order valence-corrected chi connectivity index (χ4v) is 3.65. The van der Waals surface area contributed by atoms with E-state index in [1.54, 1.807) is 13.8 Å². The van der Waals surface area contributed by atoms with Gasteiger partial charge in [0.1, 0.15) is 0 Å². The molecule has 0 spiro atoms. The molecule has 132 valence electrons. The van der Waals surface area contributed by atoms with Crippen LogP contribution in [-0.2, 0) is 4.74 Å². The number of esters is 1. The van der Waals surface area contributed by atoms with Crippen LogP contribution in [0, 0.1) is 13.8 Å². The molecule has 1 aliphatic rings. The number of carbonyl (C=O) groups excluding carboxylic acids is 1. The van der Waals surface area contributed by atoms with Crippen LogP contribution in [0.15, 0.2) is 24.3 Å². The van der Waals surface area contributed by atoms with E-state index in [-0.39, 0.29) is 0 Å². The van der Waals surface area contributed by atoms with Crippen LogP contribution < -0.4 is 0 Å². The summed E-state index contributed by atoms with van der Waals surface area (Å²) in [4.78, 5) is 21.2. The van der Waals surface area contributed by atoms with Crippen LogP contribution in [0.4, 0.5) is 0 Å². The molecule has 1 aromatic carbocycles. The molecular weight excluding hydrogens is 312 g/mol. The molecule has 1 heterocycles. The van der Waals surface area contributed by atoms with Gasteiger partial charge in [-0.2, -0.15) is 0 Å². The maximum Gasteiger partial charge on any atom is 0.358 e. The van der Waals surface area contributed by atoms with Gasteiger partial charge < -0.3 is 4.74 Å². The van der Waals surface area contributed by atoms with Crippen LogP contribution in [0.25, 0.3) is 11.3 Å². The summed E-state index contributed by atoms with van der Waals surface area (Å²) in [5.74, 6) is 0.274. The van der Waals surface area contributed by atoms with Crippen molar-refractivity contribution in [3.8, 4) is 11.3 Å². The molecule has 0 aliphatic heterocycles. The Morgan fingerprint density at radius 3 is 2.36 bits per heavy atom. The molecule has 1 aromatic heterocycles. The van der Waals surface area contributed by atoms with Crippen molar-refractivity contribution in [1.29, 1.82) is 0 Å². The Kier molecular flexibility index (Phi) is 5.47. The Morgan fingerprint density at radius 2 is 1.72 bits per heavy atom. The minimum Gasteiger partial charge on any atom is -0.461 e. The predicted octanol–water partition coefficient (Wildman–Crippen LogP) is 4.98. The zero-order valence-electron chi connectivity index (χ0n) is 15.3. The number of benzene rings is 1. The van der Waals surface area contributed by atoms with Crippen LogP contribution in [-0.4, -0.2) is 22.5 Å². The van der Waals surface area contributed by atoms with Crippen LogP contribution in [0.1, 0.15) is 72.4 Å². The SMILES string of the molecule is CCOC(=O)c1nc(-c2ccc(C3CCCCC3)cc2)c(C)nc1C. The van der Waals surface area contributed by atoms with E-state index in [1.807, 2.05) is 6.92 Å². The molecule has 1 saturated carbocycles. The van der Waals surface area contributed by atoms with Crippen LogP contribution in [0.2, 0.25) is 0 Å². The fraction of sp³-hybridized carbons (Fsp3) is 0.476. The normalized spacial score (nSPS) is 15.2. The third kappa shape index (κ3) is 3.89. The standard InChI is InChI=1S/C21H26N2O2/c1-4-25-21(24)20-15(3)22-14(2)19(23-20)18-12-10-17(11-13-18)16-8-6-5-7-9-16/h10-13,16H,4-9H2,1-3H3. The van der Waals surface area contributed by atoms with E-state index in [1.165, 1.54) is 37.7 Å². The molecule has 0 radical (unpaired) electrons. The van der Waals surface area contributed by atoms with Crippen LogP contribution in [0.5, 0.6) is 0 Å². The summed E-state index contributed by atoms with van der Waals surface area (Å²) in [6.45, 7) is 5.85. The molecular formula is C21H26N2O2. The lowest BCUT2D eigenvalue weighted by Gasteiger charge is -2.22. The summed E-state index contributed by atoms with van der Waals surface area (Å²) >= 11 is 0. The largest absolute Gasteiger partial charge is 0.461 e.